The second-order valence-corrected chi connectivity index (χ2v) is 6.94. The Bertz CT molecular complexity index is 959. The topological polar surface area (TPSA) is 102 Å². The van der Waals surface area contributed by atoms with Crippen molar-refractivity contribution < 1.29 is 19.2 Å². The van der Waals surface area contributed by atoms with Crippen LogP contribution in [0.1, 0.15) is 23.6 Å². The van der Waals surface area contributed by atoms with E-state index in [4.69, 9.17) is 4.74 Å². The Morgan fingerprint density at radius 3 is 2.64 bits per heavy atom. The van der Waals surface area contributed by atoms with Gasteiger partial charge in [-0.3, -0.25) is 19.8 Å². The average molecular weight is 383 g/mol. The summed E-state index contributed by atoms with van der Waals surface area (Å²) in [7, 11) is 0. The van der Waals surface area contributed by atoms with Crippen LogP contribution in [-0.4, -0.2) is 34.9 Å². The Balaban J connectivity index is 1.73. The van der Waals surface area contributed by atoms with Gasteiger partial charge in [0.05, 0.1) is 11.5 Å². The molecule has 146 valence electrons. The zero-order valence-electron chi connectivity index (χ0n) is 15.9. The summed E-state index contributed by atoms with van der Waals surface area (Å²) < 4.78 is 5.74. The molecule has 1 saturated heterocycles. The molecule has 8 heteroatoms. The number of nitro benzene ring substituents is 1. The van der Waals surface area contributed by atoms with E-state index in [1.54, 1.807) is 6.07 Å². The zero-order valence-corrected chi connectivity index (χ0v) is 15.9. The van der Waals surface area contributed by atoms with Crippen LogP contribution in [-0.2, 0) is 10.3 Å². The molecule has 1 heterocycles. The van der Waals surface area contributed by atoms with Crippen molar-refractivity contribution in [1.29, 1.82) is 0 Å². The van der Waals surface area contributed by atoms with Crippen molar-refractivity contribution in [2.45, 2.75) is 26.3 Å². The highest BCUT2D eigenvalue weighted by Gasteiger charge is 2.49. The number of aryl methyl sites for hydroxylation is 2. The molecular formula is C20H21N3O5. The Labute approximate surface area is 162 Å². The number of carbonyl (C=O) groups is 2. The first-order valence-electron chi connectivity index (χ1n) is 8.81. The standard InChI is InChI=1S/C20H21N3O5/c1-13-7-8-14(2)17(11-13)28-10-9-22-18(24)20(3,21-19(22)25)15-5-4-6-16(12-15)23(26)27/h4-8,11-12H,9-10H2,1-3H3,(H,21,25). The fourth-order valence-corrected chi connectivity index (χ4v) is 3.14. The Morgan fingerprint density at radius 2 is 1.93 bits per heavy atom. The van der Waals surface area contributed by atoms with Crippen LogP contribution in [0.5, 0.6) is 5.75 Å². The molecule has 1 unspecified atom stereocenters. The molecule has 8 nitrogen and oxygen atoms in total. The van der Waals surface area contributed by atoms with E-state index in [-0.39, 0.29) is 18.8 Å². The van der Waals surface area contributed by atoms with Crippen LogP contribution >= 0.6 is 0 Å². The van der Waals surface area contributed by atoms with Gasteiger partial charge in [-0.25, -0.2) is 4.79 Å². The van der Waals surface area contributed by atoms with Gasteiger partial charge in [0.1, 0.15) is 17.9 Å². The lowest BCUT2D eigenvalue weighted by molar-refractivity contribution is -0.385. The van der Waals surface area contributed by atoms with E-state index < -0.39 is 22.4 Å². The van der Waals surface area contributed by atoms with Gasteiger partial charge in [0.15, 0.2) is 0 Å². The number of benzene rings is 2. The lowest BCUT2D eigenvalue weighted by atomic mass is 9.91. The zero-order chi connectivity index (χ0) is 20.5. The predicted octanol–water partition coefficient (Wildman–Crippen LogP) is 3.06. The molecule has 28 heavy (non-hydrogen) atoms. The van der Waals surface area contributed by atoms with Crippen molar-refractivity contribution in [2.75, 3.05) is 13.2 Å². The molecule has 0 aliphatic carbocycles. The molecule has 3 amide bonds. The number of hydrogen-bond donors (Lipinski definition) is 1. The summed E-state index contributed by atoms with van der Waals surface area (Å²) in [5.41, 5.74) is 0.871. The summed E-state index contributed by atoms with van der Waals surface area (Å²) in [6.45, 7) is 5.63. The van der Waals surface area contributed by atoms with Gasteiger partial charge in [-0.15, -0.1) is 0 Å². The summed E-state index contributed by atoms with van der Waals surface area (Å²) in [6.07, 6.45) is 0. The summed E-state index contributed by atoms with van der Waals surface area (Å²) in [4.78, 5) is 36.8. The monoisotopic (exact) mass is 383 g/mol. The minimum atomic E-state index is -1.36. The number of ether oxygens (including phenoxy) is 1. The highest BCUT2D eigenvalue weighted by atomic mass is 16.6. The fraction of sp³-hybridized carbons (Fsp3) is 0.300. The maximum absolute atomic E-state index is 12.9. The SMILES string of the molecule is Cc1ccc(C)c(OCCN2C(=O)NC(C)(c3cccc([N+](=O)[O-])c3)C2=O)c1. The van der Waals surface area contributed by atoms with E-state index in [9.17, 15) is 19.7 Å². The predicted molar refractivity (Wildman–Crippen MR) is 102 cm³/mol. The highest BCUT2D eigenvalue weighted by molar-refractivity contribution is 6.07. The van der Waals surface area contributed by atoms with Gasteiger partial charge in [-0.05, 0) is 43.5 Å². The second-order valence-electron chi connectivity index (χ2n) is 6.94. The number of nitrogens with one attached hydrogen (secondary N) is 1. The molecule has 0 saturated carbocycles. The van der Waals surface area contributed by atoms with Crippen molar-refractivity contribution in [3.8, 4) is 5.75 Å². The molecule has 2 aromatic carbocycles. The Kier molecular flexibility index (Phi) is 5.04. The van der Waals surface area contributed by atoms with Crippen molar-refractivity contribution in [1.82, 2.24) is 10.2 Å². The summed E-state index contributed by atoms with van der Waals surface area (Å²) >= 11 is 0. The molecule has 1 fully saturated rings. The number of nitro groups is 1. The Morgan fingerprint density at radius 1 is 1.18 bits per heavy atom. The molecule has 0 aromatic heterocycles. The number of carbonyl (C=O) groups excluding carboxylic acids is 2. The second kappa shape index (κ2) is 7.30. The number of imide groups is 1. The van der Waals surface area contributed by atoms with Crippen LogP contribution in [0, 0.1) is 24.0 Å². The molecule has 0 radical (unpaired) electrons. The van der Waals surface area contributed by atoms with Gasteiger partial charge in [0, 0.05) is 12.1 Å². The van der Waals surface area contributed by atoms with Gasteiger partial charge < -0.3 is 10.1 Å². The van der Waals surface area contributed by atoms with Crippen LogP contribution in [0.25, 0.3) is 0 Å². The average Bonchev–Trinajstić information content (AvgIpc) is 2.88. The van der Waals surface area contributed by atoms with Crippen molar-refractivity contribution in [3.05, 3.63) is 69.3 Å². The third-order valence-corrected chi connectivity index (χ3v) is 4.83. The maximum Gasteiger partial charge on any atom is 0.325 e. The lowest BCUT2D eigenvalue weighted by Crippen LogP contribution is -2.41. The van der Waals surface area contributed by atoms with Crippen LogP contribution < -0.4 is 10.1 Å². The Hall–Kier alpha value is -3.42. The van der Waals surface area contributed by atoms with E-state index in [0.29, 0.717) is 11.3 Å². The summed E-state index contributed by atoms with van der Waals surface area (Å²) in [5.74, 6) is 0.232. The molecule has 1 aliphatic rings. The quantitative estimate of drug-likeness (QED) is 0.469. The summed E-state index contributed by atoms with van der Waals surface area (Å²) in [5, 5.41) is 13.7. The van der Waals surface area contributed by atoms with E-state index in [2.05, 4.69) is 5.32 Å². The number of urea groups is 1. The number of non-ortho nitro benzene ring substituents is 1. The van der Waals surface area contributed by atoms with Gasteiger partial charge >= 0.3 is 6.03 Å². The molecule has 0 bridgehead atoms. The minimum Gasteiger partial charge on any atom is -0.491 e. The fourth-order valence-electron chi connectivity index (χ4n) is 3.14. The highest BCUT2D eigenvalue weighted by Crippen LogP contribution is 2.30. The maximum atomic E-state index is 12.9. The number of rotatable bonds is 6. The van der Waals surface area contributed by atoms with Crippen molar-refractivity contribution in [2.24, 2.45) is 0 Å². The number of nitrogens with zero attached hydrogens (tertiary/aromatic N) is 2. The minimum absolute atomic E-state index is 0.0720. The van der Waals surface area contributed by atoms with Crippen LogP contribution in [0.15, 0.2) is 42.5 Å². The molecule has 3 rings (SSSR count). The van der Waals surface area contributed by atoms with Crippen LogP contribution in [0.3, 0.4) is 0 Å². The first-order chi connectivity index (χ1) is 13.2. The van der Waals surface area contributed by atoms with E-state index in [0.717, 1.165) is 16.0 Å². The lowest BCUT2D eigenvalue weighted by Gasteiger charge is -2.22. The smallest absolute Gasteiger partial charge is 0.325 e. The third-order valence-electron chi connectivity index (χ3n) is 4.83. The van der Waals surface area contributed by atoms with E-state index in [1.807, 2.05) is 32.0 Å². The molecule has 0 spiro atoms. The summed E-state index contributed by atoms with van der Waals surface area (Å²) in [6, 6.07) is 11.0. The first-order valence-corrected chi connectivity index (χ1v) is 8.81. The van der Waals surface area contributed by atoms with Gasteiger partial charge in [-0.1, -0.05) is 24.3 Å². The number of hydrogen-bond acceptors (Lipinski definition) is 5. The largest absolute Gasteiger partial charge is 0.491 e. The van der Waals surface area contributed by atoms with Crippen molar-refractivity contribution in [3.63, 3.8) is 0 Å². The van der Waals surface area contributed by atoms with Gasteiger partial charge in [0.25, 0.3) is 11.6 Å². The molecular weight excluding hydrogens is 362 g/mol. The van der Waals surface area contributed by atoms with Crippen LogP contribution in [0.2, 0.25) is 0 Å². The number of amides is 3. The van der Waals surface area contributed by atoms with E-state index in [1.165, 1.54) is 25.1 Å². The van der Waals surface area contributed by atoms with Crippen molar-refractivity contribution >= 4 is 17.6 Å². The van der Waals surface area contributed by atoms with E-state index >= 15 is 0 Å². The first kappa shape index (κ1) is 19.3. The molecule has 2 aromatic rings. The molecule has 1 aliphatic heterocycles. The van der Waals surface area contributed by atoms with Gasteiger partial charge in [0.2, 0.25) is 0 Å². The van der Waals surface area contributed by atoms with Crippen LogP contribution in [0.4, 0.5) is 10.5 Å². The molecule has 1 N–H and O–H groups in total. The third kappa shape index (κ3) is 3.53. The molecule has 1 atom stereocenters. The normalized spacial score (nSPS) is 18.9. The van der Waals surface area contributed by atoms with Gasteiger partial charge in [-0.2, -0.15) is 0 Å².